The van der Waals surface area contributed by atoms with E-state index in [2.05, 4.69) is 9.97 Å². The quantitative estimate of drug-likeness (QED) is 0.769. The fourth-order valence-corrected chi connectivity index (χ4v) is 2.75. The Morgan fingerprint density at radius 1 is 1.19 bits per heavy atom. The van der Waals surface area contributed by atoms with Gasteiger partial charge in [-0.05, 0) is 47.6 Å². The Bertz CT molecular complexity index is 733. The SMILES string of the molecule is O=c1[nH]c(-c2ccc(C(F)(F)F)cc2)nc(C2CC2)c1I. The van der Waals surface area contributed by atoms with E-state index in [4.69, 9.17) is 0 Å². The van der Waals surface area contributed by atoms with Gasteiger partial charge in [-0.3, -0.25) is 4.79 Å². The highest BCUT2D eigenvalue weighted by Gasteiger charge is 2.31. The lowest BCUT2D eigenvalue weighted by Gasteiger charge is -2.09. The number of hydrogen-bond donors (Lipinski definition) is 1. The Morgan fingerprint density at radius 3 is 2.33 bits per heavy atom. The second-order valence-corrected chi connectivity index (χ2v) is 6.04. The molecule has 3 nitrogen and oxygen atoms in total. The fraction of sp³-hybridized carbons (Fsp3) is 0.286. The number of H-pyrrole nitrogens is 1. The van der Waals surface area contributed by atoms with Crippen LogP contribution in [0.15, 0.2) is 29.1 Å². The van der Waals surface area contributed by atoms with Crippen molar-refractivity contribution in [3.8, 4) is 11.4 Å². The van der Waals surface area contributed by atoms with Crippen LogP contribution in [0.2, 0.25) is 0 Å². The number of benzene rings is 1. The van der Waals surface area contributed by atoms with Gasteiger partial charge in [0.1, 0.15) is 5.82 Å². The first kappa shape index (κ1) is 14.6. The smallest absolute Gasteiger partial charge is 0.306 e. The Labute approximate surface area is 131 Å². The van der Waals surface area contributed by atoms with Crippen LogP contribution in [0.5, 0.6) is 0 Å². The molecule has 1 aliphatic carbocycles. The van der Waals surface area contributed by atoms with Gasteiger partial charge in [-0.1, -0.05) is 12.1 Å². The molecular formula is C14H10F3IN2O. The maximum Gasteiger partial charge on any atom is 0.416 e. The Hall–Kier alpha value is -1.38. The van der Waals surface area contributed by atoms with E-state index in [1.165, 1.54) is 12.1 Å². The van der Waals surface area contributed by atoms with E-state index in [1.807, 2.05) is 22.6 Å². The van der Waals surface area contributed by atoms with Crippen LogP contribution < -0.4 is 5.56 Å². The summed E-state index contributed by atoms with van der Waals surface area (Å²) in [6.45, 7) is 0. The van der Waals surface area contributed by atoms with Gasteiger partial charge in [-0.25, -0.2) is 4.98 Å². The first-order valence-electron chi connectivity index (χ1n) is 6.33. The highest BCUT2D eigenvalue weighted by molar-refractivity contribution is 14.1. The summed E-state index contributed by atoms with van der Waals surface area (Å²) in [7, 11) is 0. The summed E-state index contributed by atoms with van der Waals surface area (Å²) in [6.07, 6.45) is -2.37. The summed E-state index contributed by atoms with van der Waals surface area (Å²) in [5, 5.41) is 0. The van der Waals surface area contributed by atoms with Crippen molar-refractivity contribution in [2.75, 3.05) is 0 Å². The number of rotatable bonds is 2. The third-order valence-electron chi connectivity index (χ3n) is 3.34. The fourth-order valence-electron chi connectivity index (χ4n) is 2.06. The van der Waals surface area contributed by atoms with Gasteiger partial charge in [0.25, 0.3) is 5.56 Å². The van der Waals surface area contributed by atoms with Crippen molar-refractivity contribution >= 4 is 22.6 Å². The van der Waals surface area contributed by atoms with Crippen LogP contribution in [0.3, 0.4) is 0 Å². The molecule has 1 aromatic carbocycles. The van der Waals surface area contributed by atoms with Gasteiger partial charge in [0.15, 0.2) is 0 Å². The van der Waals surface area contributed by atoms with Gasteiger partial charge < -0.3 is 4.98 Å². The Balaban J connectivity index is 2.02. The normalized spacial score (nSPS) is 15.2. The second-order valence-electron chi connectivity index (χ2n) is 4.96. The molecular weight excluding hydrogens is 396 g/mol. The monoisotopic (exact) mass is 406 g/mol. The molecule has 7 heteroatoms. The first-order valence-corrected chi connectivity index (χ1v) is 7.41. The van der Waals surface area contributed by atoms with Gasteiger partial charge in [0, 0.05) is 11.5 Å². The largest absolute Gasteiger partial charge is 0.416 e. The summed E-state index contributed by atoms with van der Waals surface area (Å²) in [6, 6.07) is 4.63. The van der Waals surface area contributed by atoms with Crippen molar-refractivity contribution < 1.29 is 13.2 Å². The first-order chi connectivity index (χ1) is 9.86. The molecule has 1 fully saturated rings. The van der Waals surface area contributed by atoms with Crippen molar-refractivity contribution in [1.82, 2.24) is 9.97 Å². The molecule has 1 aliphatic rings. The molecule has 1 N–H and O–H groups in total. The Kier molecular flexibility index (Phi) is 3.54. The molecule has 0 aliphatic heterocycles. The molecule has 21 heavy (non-hydrogen) atoms. The van der Waals surface area contributed by atoms with Crippen molar-refractivity contribution in [1.29, 1.82) is 0 Å². The van der Waals surface area contributed by atoms with Crippen molar-refractivity contribution in [2.24, 2.45) is 0 Å². The molecule has 0 amide bonds. The number of aromatic nitrogens is 2. The van der Waals surface area contributed by atoms with Crippen molar-refractivity contribution in [3.05, 3.63) is 49.4 Å². The third kappa shape index (κ3) is 2.97. The zero-order valence-electron chi connectivity index (χ0n) is 10.7. The van der Waals surface area contributed by atoms with Gasteiger partial charge >= 0.3 is 6.18 Å². The van der Waals surface area contributed by atoms with Crippen LogP contribution in [0.25, 0.3) is 11.4 Å². The molecule has 0 radical (unpaired) electrons. The van der Waals surface area contributed by atoms with Crippen LogP contribution in [0, 0.1) is 3.57 Å². The minimum Gasteiger partial charge on any atom is -0.306 e. The van der Waals surface area contributed by atoms with E-state index in [1.54, 1.807) is 0 Å². The maximum absolute atomic E-state index is 12.5. The zero-order chi connectivity index (χ0) is 15.2. The van der Waals surface area contributed by atoms with Crippen molar-refractivity contribution in [2.45, 2.75) is 24.9 Å². The molecule has 110 valence electrons. The van der Waals surface area contributed by atoms with Crippen LogP contribution in [-0.4, -0.2) is 9.97 Å². The second kappa shape index (κ2) is 5.11. The highest BCUT2D eigenvalue weighted by atomic mass is 127. The lowest BCUT2D eigenvalue weighted by atomic mass is 10.1. The molecule has 3 rings (SSSR count). The third-order valence-corrected chi connectivity index (χ3v) is 4.38. The Morgan fingerprint density at radius 2 is 1.81 bits per heavy atom. The van der Waals surface area contributed by atoms with Gasteiger partial charge in [-0.2, -0.15) is 13.2 Å². The van der Waals surface area contributed by atoms with Gasteiger partial charge in [-0.15, -0.1) is 0 Å². The molecule has 0 unspecified atom stereocenters. The molecule has 0 saturated heterocycles. The van der Waals surface area contributed by atoms with Crippen LogP contribution in [0.4, 0.5) is 13.2 Å². The summed E-state index contributed by atoms with van der Waals surface area (Å²) < 4.78 is 38.2. The maximum atomic E-state index is 12.5. The van der Waals surface area contributed by atoms with Gasteiger partial charge in [0.2, 0.25) is 0 Å². The lowest BCUT2D eigenvalue weighted by Crippen LogP contribution is -2.16. The minimum absolute atomic E-state index is 0.248. The number of aromatic amines is 1. The van der Waals surface area contributed by atoms with E-state index < -0.39 is 11.7 Å². The highest BCUT2D eigenvalue weighted by Crippen LogP contribution is 2.40. The number of hydrogen-bond acceptors (Lipinski definition) is 2. The van der Waals surface area contributed by atoms with Crippen LogP contribution in [-0.2, 0) is 6.18 Å². The standard InChI is InChI=1S/C14H10F3IN2O/c15-14(16,17)9-5-3-8(4-6-9)12-19-11(7-1-2-7)10(18)13(21)20-12/h3-7H,1-2H2,(H,19,20,21). The van der Waals surface area contributed by atoms with E-state index >= 15 is 0 Å². The van der Waals surface area contributed by atoms with Crippen LogP contribution >= 0.6 is 22.6 Å². The predicted molar refractivity (Wildman–Crippen MR) is 80.0 cm³/mol. The topological polar surface area (TPSA) is 45.8 Å². The summed E-state index contributed by atoms with van der Waals surface area (Å²) in [5.74, 6) is 0.614. The van der Waals surface area contributed by atoms with E-state index in [9.17, 15) is 18.0 Å². The zero-order valence-corrected chi connectivity index (χ0v) is 12.8. The van der Waals surface area contributed by atoms with Gasteiger partial charge in [0.05, 0.1) is 14.8 Å². The lowest BCUT2D eigenvalue weighted by molar-refractivity contribution is -0.137. The molecule has 0 bridgehead atoms. The predicted octanol–water partition coefficient (Wildman–Crippen LogP) is 3.94. The summed E-state index contributed by atoms with van der Waals surface area (Å²) in [4.78, 5) is 18.9. The number of alkyl halides is 3. The minimum atomic E-state index is -4.37. The average molecular weight is 406 g/mol. The molecule has 1 aromatic heterocycles. The number of nitrogens with zero attached hydrogens (tertiary/aromatic N) is 1. The average Bonchev–Trinajstić information content (AvgIpc) is 3.25. The molecule has 0 atom stereocenters. The number of halogens is 4. The molecule has 0 spiro atoms. The number of nitrogens with one attached hydrogen (secondary N) is 1. The summed E-state index contributed by atoms with van der Waals surface area (Å²) in [5.41, 5.74) is 0.247. The van der Waals surface area contributed by atoms with E-state index in [0.717, 1.165) is 30.7 Å². The van der Waals surface area contributed by atoms with Crippen LogP contribution in [0.1, 0.15) is 30.0 Å². The van der Waals surface area contributed by atoms with E-state index in [0.29, 0.717) is 20.9 Å². The molecule has 1 saturated carbocycles. The molecule has 2 aromatic rings. The summed E-state index contributed by atoms with van der Waals surface area (Å²) >= 11 is 1.96. The molecule has 1 heterocycles. The van der Waals surface area contributed by atoms with Crippen molar-refractivity contribution in [3.63, 3.8) is 0 Å². The van der Waals surface area contributed by atoms with E-state index in [-0.39, 0.29) is 5.56 Å².